The molecule has 5 nitrogen and oxygen atoms in total. The van der Waals surface area contributed by atoms with Crippen molar-refractivity contribution in [3.8, 4) is 11.8 Å². The molecule has 5 heteroatoms. The Morgan fingerprint density at radius 1 is 1.40 bits per heavy atom. The monoisotopic (exact) mass is 275 g/mol. The van der Waals surface area contributed by atoms with Gasteiger partial charge in [0.25, 0.3) is 0 Å². The van der Waals surface area contributed by atoms with Gasteiger partial charge in [-0.05, 0) is 25.1 Å². The Balaban J connectivity index is 2.47. The summed E-state index contributed by atoms with van der Waals surface area (Å²) in [4.78, 5) is 13.0. The zero-order valence-corrected chi connectivity index (χ0v) is 11.8. The van der Waals surface area contributed by atoms with E-state index in [1.807, 2.05) is 11.0 Å². The molecule has 0 heterocycles. The maximum Gasteiger partial charge on any atom is 0.231 e. The second-order valence-electron chi connectivity index (χ2n) is 4.55. The number of unbranched alkanes of at least 4 members (excludes halogenated alkanes) is 1. The Morgan fingerprint density at radius 3 is 2.80 bits per heavy atom. The maximum atomic E-state index is 11.0. The minimum absolute atomic E-state index is 0.239. The highest BCUT2D eigenvalue weighted by atomic mass is 16.5. The molecule has 0 aliphatic rings. The van der Waals surface area contributed by atoms with Gasteiger partial charge in [0.1, 0.15) is 18.4 Å². The summed E-state index contributed by atoms with van der Waals surface area (Å²) in [6.45, 7) is 4.20. The fraction of sp³-hybridized carbons (Fsp3) is 0.467. The number of carbonyl (C=O) groups is 1. The molecule has 20 heavy (non-hydrogen) atoms. The molecular formula is C15H21N3O2. The quantitative estimate of drug-likeness (QED) is 0.741. The smallest absolute Gasteiger partial charge is 0.231 e. The van der Waals surface area contributed by atoms with E-state index in [1.54, 1.807) is 18.2 Å². The Morgan fingerprint density at radius 2 is 2.15 bits per heavy atom. The number of nitrogens with zero attached hydrogens (tertiary/aromatic N) is 2. The highest BCUT2D eigenvalue weighted by Gasteiger charge is 2.08. The van der Waals surface area contributed by atoms with Crippen molar-refractivity contribution in [3.05, 3.63) is 29.8 Å². The Labute approximate surface area is 119 Å². The van der Waals surface area contributed by atoms with Gasteiger partial charge in [-0.1, -0.05) is 25.5 Å². The zero-order chi connectivity index (χ0) is 14.8. The minimum Gasteiger partial charge on any atom is -0.491 e. The van der Waals surface area contributed by atoms with Gasteiger partial charge in [0.15, 0.2) is 0 Å². The zero-order valence-electron chi connectivity index (χ0n) is 11.8. The molecular weight excluding hydrogens is 254 g/mol. The van der Waals surface area contributed by atoms with E-state index in [0.717, 1.165) is 19.4 Å². The van der Waals surface area contributed by atoms with E-state index in [1.165, 1.54) is 0 Å². The number of ether oxygens (including phenoxy) is 1. The maximum absolute atomic E-state index is 11.0. The van der Waals surface area contributed by atoms with Crippen LogP contribution < -0.4 is 10.5 Å². The van der Waals surface area contributed by atoms with Gasteiger partial charge in [0, 0.05) is 6.54 Å². The van der Waals surface area contributed by atoms with Gasteiger partial charge in [-0.15, -0.1) is 0 Å². The average molecular weight is 275 g/mol. The summed E-state index contributed by atoms with van der Waals surface area (Å²) in [6.07, 6.45) is 2.08. The normalized spacial score (nSPS) is 10.2. The summed E-state index contributed by atoms with van der Waals surface area (Å²) in [5, 5.41) is 8.96. The summed E-state index contributed by atoms with van der Waals surface area (Å²) in [5.41, 5.74) is 5.75. The Hall–Kier alpha value is -2.06. The van der Waals surface area contributed by atoms with Gasteiger partial charge >= 0.3 is 0 Å². The number of nitriles is 1. The first-order valence-electron chi connectivity index (χ1n) is 6.80. The van der Waals surface area contributed by atoms with Gasteiger partial charge in [-0.3, -0.25) is 9.69 Å². The lowest BCUT2D eigenvalue weighted by Gasteiger charge is -2.20. The molecule has 108 valence electrons. The molecule has 0 aliphatic heterocycles. The van der Waals surface area contributed by atoms with E-state index < -0.39 is 0 Å². The number of nitrogens with two attached hydrogens (primary N) is 1. The van der Waals surface area contributed by atoms with Gasteiger partial charge in [0.2, 0.25) is 5.91 Å². The molecule has 0 fully saturated rings. The molecule has 0 bridgehead atoms. The van der Waals surface area contributed by atoms with Gasteiger partial charge in [0.05, 0.1) is 12.1 Å². The molecule has 0 atom stereocenters. The van der Waals surface area contributed by atoms with Crippen LogP contribution in [0.3, 0.4) is 0 Å². The van der Waals surface area contributed by atoms with Crippen LogP contribution in [0.2, 0.25) is 0 Å². The third-order valence-corrected chi connectivity index (χ3v) is 2.88. The number of hydrogen-bond acceptors (Lipinski definition) is 4. The van der Waals surface area contributed by atoms with Crippen molar-refractivity contribution in [1.82, 2.24) is 4.90 Å². The third-order valence-electron chi connectivity index (χ3n) is 2.88. The number of rotatable bonds is 9. The van der Waals surface area contributed by atoms with Crippen LogP contribution in [-0.4, -0.2) is 37.0 Å². The Kier molecular flexibility index (Phi) is 7.15. The lowest BCUT2D eigenvalue weighted by Crippen LogP contribution is -2.37. The molecule has 0 aromatic heterocycles. The largest absolute Gasteiger partial charge is 0.491 e. The first-order valence-corrected chi connectivity index (χ1v) is 6.80. The van der Waals surface area contributed by atoms with Crippen LogP contribution in [-0.2, 0) is 4.79 Å². The van der Waals surface area contributed by atoms with Crippen molar-refractivity contribution >= 4 is 5.91 Å². The molecule has 0 saturated heterocycles. The summed E-state index contributed by atoms with van der Waals surface area (Å²) < 4.78 is 5.60. The van der Waals surface area contributed by atoms with Crippen molar-refractivity contribution in [2.75, 3.05) is 26.2 Å². The van der Waals surface area contributed by atoms with Crippen molar-refractivity contribution in [2.24, 2.45) is 5.73 Å². The van der Waals surface area contributed by atoms with Gasteiger partial charge in [-0.2, -0.15) is 5.26 Å². The molecule has 1 aromatic rings. The second-order valence-corrected chi connectivity index (χ2v) is 4.55. The molecule has 1 amide bonds. The third kappa shape index (κ3) is 5.72. The van der Waals surface area contributed by atoms with Crippen LogP contribution >= 0.6 is 0 Å². The molecule has 1 aromatic carbocycles. The molecule has 2 N–H and O–H groups in total. The SMILES string of the molecule is CCCCN(CCOc1ccccc1C#N)CC(N)=O. The van der Waals surface area contributed by atoms with E-state index in [-0.39, 0.29) is 12.5 Å². The highest BCUT2D eigenvalue weighted by Crippen LogP contribution is 2.16. The fourth-order valence-corrected chi connectivity index (χ4v) is 1.84. The Bertz CT molecular complexity index is 468. The lowest BCUT2D eigenvalue weighted by atomic mass is 10.2. The summed E-state index contributed by atoms with van der Waals surface area (Å²) >= 11 is 0. The number of carbonyl (C=O) groups excluding carboxylic acids is 1. The standard InChI is InChI=1S/C15H21N3O2/c1-2-3-8-18(12-15(17)19)9-10-20-14-7-5-4-6-13(14)11-16/h4-7H,2-3,8-10,12H2,1H3,(H2,17,19). The predicted octanol–water partition coefficient (Wildman–Crippen LogP) is 1.52. The van der Waals surface area contributed by atoms with Crippen LogP contribution in [0.1, 0.15) is 25.3 Å². The molecule has 0 saturated carbocycles. The summed E-state index contributed by atoms with van der Waals surface area (Å²) in [6, 6.07) is 9.20. The predicted molar refractivity (Wildman–Crippen MR) is 77.2 cm³/mol. The molecule has 0 unspecified atom stereocenters. The first-order chi connectivity index (χ1) is 9.67. The van der Waals surface area contributed by atoms with Crippen molar-refractivity contribution in [3.63, 3.8) is 0 Å². The summed E-state index contributed by atoms with van der Waals surface area (Å²) in [5.74, 6) is 0.239. The van der Waals surface area contributed by atoms with Crippen LogP contribution in [0.25, 0.3) is 0 Å². The number of amides is 1. The molecule has 1 rings (SSSR count). The number of primary amides is 1. The van der Waals surface area contributed by atoms with Crippen molar-refractivity contribution in [1.29, 1.82) is 5.26 Å². The van der Waals surface area contributed by atoms with Gasteiger partial charge in [-0.25, -0.2) is 0 Å². The van der Waals surface area contributed by atoms with Gasteiger partial charge < -0.3 is 10.5 Å². The number of benzene rings is 1. The minimum atomic E-state index is -0.335. The van der Waals surface area contributed by atoms with Crippen LogP contribution in [0, 0.1) is 11.3 Å². The second kappa shape index (κ2) is 8.94. The number of para-hydroxylation sites is 1. The van der Waals surface area contributed by atoms with E-state index in [0.29, 0.717) is 24.5 Å². The summed E-state index contributed by atoms with van der Waals surface area (Å²) in [7, 11) is 0. The molecule has 0 radical (unpaired) electrons. The van der Waals surface area contributed by atoms with Crippen LogP contribution in [0.15, 0.2) is 24.3 Å². The highest BCUT2D eigenvalue weighted by molar-refractivity contribution is 5.75. The van der Waals surface area contributed by atoms with E-state index in [4.69, 9.17) is 15.7 Å². The molecule has 0 aliphatic carbocycles. The topological polar surface area (TPSA) is 79.3 Å². The average Bonchev–Trinajstić information content (AvgIpc) is 2.44. The van der Waals surface area contributed by atoms with Crippen molar-refractivity contribution < 1.29 is 9.53 Å². The van der Waals surface area contributed by atoms with E-state index in [9.17, 15) is 4.79 Å². The van der Waals surface area contributed by atoms with Crippen molar-refractivity contribution in [2.45, 2.75) is 19.8 Å². The van der Waals surface area contributed by atoms with E-state index >= 15 is 0 Å². The van der Waals surface area contributed by atoms with E-state index in [2.05, 4.69) is 13.0 Å². The lowest BCUT2D eigenvalue weighted by molar-refractivity contribution is -0.119. The first kappa shape index (κ1) is 16.0. The van der Waals surface area contributed by atoms with Crippen LogP contribution in [0.4, 0.5) is 0 Å². The number of hydrogen-bond donors (Lipinski definition) is 1. The fourth-order valence-electron chi connectivity index (χ4n) is 1.84. The van der Waals surface area contributed by atoms with Crippen LogP contribution in [0.5, 0.6) is 5.75 Å². The molecule has 0 spiro atoms.